The Kier molecular flexibility index (Phi) is 3.86. The number of aromatic hydroxyl groups is 1. The van der Waals surface area contributed by atoms with Crippen LogP contribution >= 0.6 is 0 Å². The largest absolute Gasteiger partial charge is 0.508 e. The van der Waals surface area contributed by atoms with Crippen molar-refractivity contribution in [2.24, 2.45) is 0 Å². The second-order valence-corrected chi connectivity index (χ2v) is 6.23. The van der Waals surface area contributed by atoms with E-state index in [1.54, 1.807) is 12.1 Å². The quantitative estimate of drug-likeness (QED) is 0.751. The molecule has 1 N–H and O–H groups in total. The minimum Gasteiger partial charge on any atom is -0.508 e. The molecule has 4 rings (SSSR count). The fourth-order valence-electron chi connectivity index (χ4n) is 3.56. The van der Waals surface area contributed by atoms with Gasteiger partial charge in [0, 0.05) is 49.1 Å². The number of ether oxygens (including phenoxy) is 1. The summed E-state index contributed by atoms with van der Waals surface area (Å²) in [4.78, 5) is 6.35. The van der Waals surface area contributed by atoms with E-state index in [1.165, 1.54) is 6.07 Å². The molecular formula is C18H20FN3O2. The maximum atomic E-state index is 13.8. The number of phenols is 1. The van der Waals surface area contributed by atoms with Crippen LogP contribution in [0.15, 0.2) is 24.3 Å². The summed E-state index contributed by atoms with van der Waals surface area (Å²) in [5, 5.41) is 11.7. The van der Waals surface area contributed by atoms with E-state index in [0.717, 1.165) is 61.2 Å². The fraction of sp³-hybridized carbons (Fsp3) is 0.389. The predicted octanol–water partition coefficient (Wildman–Crippen LogP) is 2.67. The van der Waals surface area contributed by atoms with Gasteiger partial charge in [0.25, 0.3) is 0 Å². The van der Waals surface area contributed by atoms with Crippen molar-refractivity contribution in [3.8, 4) is 5.75 Å². The van der Waals surface area contributed by atoms with Crippen LogP contribution in [0.25, 0.3) is 21.8 Å². The lowest BCUT2D eigenvalue weighted by Crippen LogP contribution is -2.38. The van der Waals surface area contributed by atoms with Crippen molar-refractivity contribution in [3.05, 3.63) is 35.9 Å². The van der Waals surface area contributed by atoms with E-state index in [1.807, 2.05) is 13.0 Å². The summed E-state index contributed by atoms with van der Waals surface area (Å²) in [5.41, 5.74) is 2.52. The highest BCUT2D eigenvalue weighted by atomic mass is 19.1. The zero-order valence-electron chi connectivity index (χ0n) is 13.6. The van der Waals surface area contributed by atoms with E-state index >= 15 is 0 Å². The predicted molar refractivity (Wildman–Crippen MR) is 90.9 cm³/mol. The van der Waals surface area contributed by atoms with Crippen LogP contribution in [0, 0.1) is 12.9 Å². The van der Waals surface area contributed by atoms with Crippen LogP contribution in [0.1, 0.15) is 5.69 Å². The normalized spacial score (nSPS) is 16.2. The van der Waals surface area contributed by atoms with Gasteiger partial charge < -0.3 is 14.4 Å². The topological polar surface area (TPSA) is 50.5 Å². The SMILES string of the molecule is Cc1nc(F)cc2c3ccc(O)cc3n(CCN3CCOCC3)c12. The number of pyridine rings is 1. The number of hydrogen-bond acceptors (Lipinski definition) is 4. The number of rotatable bonds is 3. The van der Waals surface area contributed by atoms with Gasteiger partial charge in [-0.15, -0.1) is 0 Å². The first kappa shape index (κ1) is 15.4. The molecular weight excluding hydrogens is 309 g/mol. The Morgan fingerprint density at radius 3 is 2.75 bits per heavy atom. The number of aryl methyl sites for hydroxylation is 1. The number of benzene rings is 1. The monoisotopic (exact) mass is 329 g/mol. The van der Waals surface area contributed by atoms with E-state index in [2.05, 4.69) is 14.5 Å². The van der Waals surface area contributed by atoms with Gasteiger partial charge in [-0.05, 0) is 19.1 Å². The van der Waals surface area contributed by atoms with Gasteiger partial charge in [-0.2, -0.15) is 4.39 Å². The van der Waals surface area contributed by atoms with Crippen molar-refractivity contribution in [1.29, 1.82) is 0 Å². The molecule has 0 radical (unpaired) electrons. The minimum atomic E-state index is -0.472. The average Bonchev–Trinajstić information content (AvgIpc) is 2.87. The van der Waals surface area contributed by atoms with E-state index in [0.29, 0.717) is 5.69 Å². The molecule has 0 amide bonds. The second kappa shape index (κ2) is 6.03. The Morgan fingerprint density at radius 2 is 1.96 bits per heavy atom. The zero-order valence-corrected chi connectivity index (χ0v) is 13.6. The van der Waals surface area contributed by atoms with E-state index in [-0.39, 0.29) is 5.75 Å². The first-order chi connectivity index (χ1) is 11.6. The third-order valence-corrected chi connectivity index (χ3v) is 4.71. The Morgan fingerprint density at radius 1 is 1.17 bits per heavy atom. The lowest BCUT2D eigenvalue weighted by molar-refractivity contribution is 0.0366. The first-order valence-corrected chi connectivity index (χ1v) is 8.21. The van der Waals surface area contributed by atoms with E-state index in [4.69, 9.17) is 4.74 Å². The minimum absolute atomic E-state index is 0.212. The molecule has 0 spiro atoms. The molecule has 0 saturated carbocycles. The van der Waals surface area contributed by atoms with Crippen molar-refractivity contribution in [2.75, 3.05) is 32.8 Å². The third kappa shape index (κ3) is 2.61. The number of fused-ring (bicyclic) bond motifs is 3. The van der Waals surface area contributed by atoms with Crippen molar-refractivity contribution < 1.29 is 14.2 Å². The molecule has 1 aliphatic heterocycles. The first-order valence-electron chi connectivity index (χ1n) is 8.21. The van der Waals surface area contributed by atoms with E-state index < -0.39 is 5.95 Å². The summed E-state index contributed by atoms with van der Waals surface area (Å²) >= 11 is 0. The highest BCUT2D eigenvalue weighted by Crippen LogP contribution is 2.32. The highest BCUT2D eigenvalue weighted by molar-refractivity contribution is 6.09. The van der Waals surface area contributed by atoms with Crippen LogP contribution in [0.3, 0.4) is 0 Å². The van der Waals surface area contributed by atoms with Crippen LogP contribution in [-0.4, -0.2) is 52.4 Å². The molecule has 24 heavy (non-hydrogen) atoms. The van der Waals surface area contributed by atoms with Crippen molar-refractivity contribution >= 4 is 21.8 Å². The van der Waals surface area contributed by atoms with Crippen LogP contribution in [0.5, 0.6) is 5.75 Å². The van der Waals surface area contributed by atoms with Gasteiger partial charge in [0.05, 0.1) is 29.9 Å². The summed E-state index contributed by atoms with van der Waals surface area (Å²) in [5.74, 6) is -0.260. The zero-order chi connectivity index (χ0) is 16.7. The van der Waals surface area contributed by atoms with Crippen molar-refractivity contribution in [1.82, 2.24) is 14.5 Å². The molecule has 3 aromatic rings. The van der Waals surface area contributed by atoms with Gasteiger partial charge in [-0.1, -0.05) is 0 Å². The summed E-state index contributed by atoms with van der Waals surface area (Å²) < 4.78 is 21.3. The molecule has 0 atom stereocenters. The number of nitrogens with zero attached hydrogens (tertiary/aromatic N) is 3. The van der Waals surface area contributed by atoms with Gasteiger partial charge in [-0.25, -0.2) is 4.98 Å². The molecule has 2 aromatic heterocycles. The molecule has 1 aromatic carbocycles. The molecule has 1 saturated heterocycles. The number of hydrogen-bond donors (Lipinski definition) is 1. The van der Waals surface area contributed by atoms with Crippen LogP contribution in [0.2, 0.25) is 0 Å². The Labute approximate surface area is 139 Å². The molecule has 5 nitrogen and oxygen atoms in total. The van der Waals surface area contributed by atoms with Gasteiger partial charge in [0.2, 0.25) is 5.95 Å². The van der Waals surface area contributed by atoms with Gasteiger partial charge in [0.1, 0.15) is 5.75 Å². The van der Waals surface area contributed by atoms with Crippen LogP contribution < -0.4 is 0 Å². The highest BCUT2D eigenvalue weighted by Gasteiger charge is 2.17. The van der Waals surface area contributed by atoms with Gasteiger partial charge >= 0.3 is 0 Å². The average molecular weight is 329 g/mol. The summed E-state index contributed by atoms with van der Waals surface area (Å²) in [7, 11) is 0. The van der Waals surface area contributed by atoms with Crippen LogP contribution in [-0.2, 0) is 11.3 Å². The molecule has 1 aliphatic rings. The lowest BCUT2D eigenvalue weighted by Gasteiger charge is -2.27. The Balaban J connectivity index is 1.82. The lowest BCUT2D eigenvalue weighted by atomic mass is 10.1. The van der Waals surface area contributed by atoms with Gasteiger partial charge in [-0.3, -0.25) is 4.90 Å². The molecule has 0 bridgehead atoms. The number of morpholine rings is 1. The molecule has 1 fully saturated rings. The maximum Gasteiger partial charge on any atom is 0.213 e. The summed E-state index contributed by atoms with van der Waals surface area (Å²) in [6.45, 7) is 6.85. The Bertz CT molecular complexity index is 900. The van der Waals surface area contributed by atoms with E-state index in [9.17, 15) is 9.50 Å². The van der Waals surface area contributed by atoms with Gasteiger partial charge in [0.15, 0.2) is 0 Å². The summed E-state index contributed by atoms with van der Waals surface area (Å²) in [6, 6.07) is 6.71. The smallest absolute Gasteiger partial charge is 0.213 e. The van der Waals surface area contributed by atoms with Crippen LogP contribution in [0.4, 0.5) is 4.39 Å². The van der Waals surface area contributed by atoms with Crippen molar-refractivity contribution in [3.63, 3.8) is 0 Å². The fourth-order valence-corrected chi connectivity index (χ4v) is 3.56. The Hall–Kier alpha value is -2.18. The summed E-state index contributed by atoms with van der Waals surface area (Å²) in [6.07, 6.45) is 0. The standard InChI is InChI=1S/C18H20FN3O2/c1-12-18-15(11-17(19)20-12)14-3-2-13(23)10-16(14)22(18)5-4-21-6-8-24-9-7-21/h2-3,10-11,23H,4-9H2,1H3. The number of aromatic nitrogens is 2. The molecule has 6 heteroatoms. The molecule has 0 aliphatic carbocycles. The molecule has 0 unspecified atom stereocenters. The van der Waals surface area contributed by atoms with Crippen molar-refractivity contribution in [2.45, 2.75) is 13.5 Å². The third-order valence-electron chi connectivity index (χ3n) is 4.71. The number of halogens is 1. The molecule has 3 heterocycles. The molecule has 126 valence electrons. The maximum absolute atomic E-state index is 13.8. The number of phenolic OH excluding ortho intramolecular Hbond substituents is 1. The second-order valence-electron chi connectivity index (χ2n) is 6.23.